The van der Waals surface area contributed by atoms with Crippen LogP contribution < -0.4 is 4.74 Å². The molecule has 0 bridgehead atoms. The molecule has 0 saturated carbocycles. The molecular formula is C15H19GeO3. The number of carbonyl (C=O) groups is 2. The summed E-state index contributed by atoms with van der Waals surface area (Å²) in [5.41, 5.74) is 1.08. The summed E-state index contributed by atoms with van der Waals surface area (Å²) in [5, 5.41) is 2.00. The molecule has 0 aromatic heterocycles. The van der Waals surface area contributed by atoms with Crippen molar-refractivity contribution in [3.63, 3.8) is 0 Å². The number of benzene rings is 1. The molecule has 1 rings (SSSR count). The maximum atomic E-state index is 12.2. The number of carbonyl (C=O) groups excluding carboxylic acids is 2. The van der Waals surface area contributed by atoms with Gasteiger partial charge in [-0.3, -0.25) is 0 Å². The van der Waals surface area contributed by atoms with Gasteiger partial charge in [0.15, 0.2) is 0 Å². The van der Waals surface area contributed by atoms with Crippen molar-refractivity contribution in [1.82, 2.24) is 0 Å². The molecule has 1 radical (unpaired) electrons. The van der Waals surface area contributed by atoms with Crippen molar-refractivity contribution in [3.8, 4) is 5.75 Å². The standard InChI is InChI=1S/C15H19GeO3/c1-5-16(6-2)14(17)12-7-9-13(10-8-12)19-15(18)11(3)4/h7-10H,3,5-6H2,1-2,4H3. The molecule has 0 saturated heterocycles. The second kappa shape index (κ2) is 7.29. The molecule has 0 N–H and O–H groups in total. The molecule has 0 aliphatic heterocycles. The summed E-state index contributed by atoms with van der Waals surface area (Å²) in [5.74, 6) is -0.00517. The topological polar surface area (TPSA) is 43.4 Å². The van der Waals surface area contributed by atoms with Crippen molar-refractivity contribution in [3.05, 3.63) is 42.0 Å². The summed E-state index contributed by atoms with van der Waals surface area (Å²) in [4.78, 5) is 23.6. The average Bonchev–Trinajstić information content (AvgIpc) is 2.40. The van der Waals surface area contributed by atoms with Crippen LogP contribution in [0.1, 0.15) is 31.1 Å². The van der Waals surface area contributed by atoms with E-state index in [-0.39, 0.29) is 0 Å². The molecule has 0 atom stereocenters. The van der Waals surface area contributed by atoms with Gasteiger partial charge in [0.05, 0.1) is 0 Å². The monoisotopic (exact) mass is 321 g/mol. The Bertz CT molecular complexity index is 473. The zero-order chi connectivity index (χ0) is 14.4. The zero-order valence-electron chi connectivity index (χ0n) is 11.7. The van der Waals surface area contributed by atoms with Crippen molar-refractivity contribution in [2.24, 2.45) is 0 Å². The van der Waals surface area contributed by atoms with Gasteiger partial charge in [-0.05, 0) is 0 Å². The van der Waals surface area contributed by atoms with E-state index in [1.54, 1.807) is 31.2 Å². The summed E-state index contributed by atoms with van der Waals surface area (Å²) in [6, 6.07) is 6.80. The first-order chi connectivity index (χ1) is 8.99. The Morgan fingerprint density at radius 3 is 2.11 bits per heavy atom. The Labute approximate surface area is 118 Å². The molecule has 0 spiro atoms. The van der Waals surface area contributed by atoms with Crippen molar-refractivity contribution < 1.29 is 14.3 Å². The first kappa shape index (κ1) is 15.7. The van der Waals surface area contributed by atoms with E-state index >= 15 is 0 Å². The molecule has 1 aromatic rings. The average molecular weight is 320 g/mol. The zero-order valence-corrected chi connectivity index (χ0v) is 13.8. The molecule has 0 aliphatic carbocycles. The number of hydrogen-bond acceptors (Lipinski definition) is 3. The van der Waals surface area contributed by atoms with Crippen molar-refractivity contribution in [2.75, 3.05) is 0 Å². The minimum absolute atomic E-state index is 0.308. The van der Waals surface area contributed by atoms with E-state index in [0.717, 1.165) is 16.1 Å². The van der Waals surface area contributed by atoms with Crippen LogP contribution in [0, 0.1) is 0 Å². The molecule has 19 heavy (non-hydrogen) atoms. The van der Waals surface area contributed by atoms with E-state index in [4.69, 9.17) is 4.74 Å². The first-order valence-electron chi connectivity index (χ1n) is 6.36. The fourth-order valence-electron chi connectivity index (χ4n) is 1.64. The van der Waals surface area contributed by atoms with Crippen LogP contribution in [0.25, 0.3) is 0 Å². The summed E-state index contributed by atoms with van der Waals surface area (Å²) in [6.07, 6.45) is 0. The van der Waals surface area contributed by atoms with Gasteiger partial charge in [-0.1, -0.05) is 0 Å². The van der Waals surface area contributed by atoms with Gasteiger partial charge < -0.3 is 0 Å². The molecule has 0 fully saturated rings. The van der Waals surface area contributed by atoms with Gasteiger partial charge in [-0.2, -0.15) is 0 Å². The van der Waals surface area contributed by atoms with Crippen LogP contribution in [0.4, 0.5) is 0 Å². The maximum absolute atomic E-state index is 12.2. The number of esters is 1. The van der Waals surface area contributed by atoms with Gasteiger partial charge in [0.2, 0.25) is 0 Å². The molecule has 0 unspecified atom stereocenters. The Hall–Kier alpha value is -1.36. The second-order valence-corrected chi connectivity index (χ2v) is 10.8. The van der Waals surface area contributed by atoms with Crippen molar-refractivity contribution in [1.29, 1.82) is 0 Å². The van der Waals surface area contributed by atoms with Crippen molar-refractivity contribution in [2.45, 2.75) is 31.3 Å². The van der Waals surface area contributed by atoms with Crippen LogP contribution in [0.15, 0.2) is 36.4 Å². The normalized spacial score (nSPS) is 10.3. The quantitative estimate of drug-likeness (QED) is 0.349. The molecule has 101 valence electrons. The first-order valence-corrected chi connectivity index (χ1v) is 10.4. The predicted octanol–water partition coefficient (Wildman–Crippen LogP) is 3.42. The van der Waals surface area contributed by atoms with Crippen LogP contribution in [0.5, 0.6) is 5.75 Å². The van der Waals surface area contributed by atoms with Gasteiger partial charge in [0, 0.05) is 0 Å². The molecular weight excluding hydrogens is 301 g/mol. The van der Waals surface area contributed by atoms with E-state index in [0.29, 0.717) is 15.9 Å². The van der Waals surface area contributed by atoms with E-state index < -0.39 is 20.3 Å². The van der Waals surface area contributed by atoms with Crippen LogP contribution in [-0.2, 0) is 4.79 Å². The van der Waals surface area contributed by atoms with Crippen LogP contribution >= 0.6 is 0 Å². The third kappa shape index (κ3) is 4.35. The Morgan fingerprint density at radius 2 is 1.68 bits per heavy atom. The van der Waals surface area contributed by atoms with Gasteiger partial charge >= 0.3 is 118 Å². The van der Waals surface area contributed by atoms with Crippen LogP contribution in [-0.4, -0.2) is 24.9 Å². The van der Waals surface area contributed by atoms with E-state index in [1.807, 2.05) is 0 Å². The van der Waals surface area contributed by atoms with Gasteiger partial charge in [-0.15, -0.1) is 0 Å². The fourth-order valence-corrected chi connectivity index (χ4v) is 5.25. The van der Waals surface area contributed by atoms with Crippen LogP contribution in [0.2, 0.25) is 10.5 Å². The molecule has 0 amide bonds. The molecule has 3 nitrogen and oxygen atoms in total. The molecule has 4 heteroatoms. The third-order valence-corrected chi connectivity index (χ3v) is 8.38. The number of ether oxygens (including phenoxy) is 1. The van der Waals surface area contributed by atoms with Gasteiger partial charge in [-0.25, -0.2) is 0 Å². The number of rotatable bonds is 6. The Balaban J connectivity index is 2.79. The van der Waals surface area contributed by atoms with Crippen molar-refractivity contribution >= 4 is 24.9 Å². The second-order valence-electron chi connectivity index (χ2n) is 4.33. The van der Waals surface area contributed by atoms with E-state index in [2.05, 4.69) is 20.4 Å². The summed E-state index contributed by atoms with van der Waals surface area (Å²) >= 11 is -1.61. The van der Waals surface area contributed by atoms with Gasteiger partial charge in [0.25, 0.3) is 0 Å². The third-order valence-electron chi connectivity index (χ3n) is 2.85. The van der Waals surface area contributed by atoms with Gasteiger partial charge in [0.1, 0.15) is 0 Å². The summed E-state index contributed by atoms with van der Waals surface area (Å²) in [7, 11) is 0. The number of hydrogen-bond donors (Lipinski definition) is 0. The summed E-state index contributed by atoms with van der Waals surface area (Å²) in [6.45, 7) is 9.28. The van der Waals surface area contributed by atoms with Crippen LogP contribution in [0.3, 0.4) is 0 Å². The SMILES string of the molecule is C=C(C)C(=O)Oc1ccc([C](=O)[Ge]([CH2]C)[CH2]C)cc1. The fraction of sp³-hybridized carbons (Fsp3) is 0.333. The molecule has 1 aromatic carbocycles. The Kier molecular flexibility index (Phi) is 6.02. The Morgan fingerprint density at radius 1 is 1.16 bits per heavy atom. The van der Waals surface area contributed by atoms with E-state index in [9.17, 15) is 9.59 Å². The molecule has 0 aliphatic rings. The van der Waals surface area contributed by atoms with E-state index in [1.165, 1.54) is 0 Å². The summed E-state index contributed by atoms with van der Waals surface area (Å²) < 4.78 is 5.40. The molecule has 0 heterocycles. The minimum atomic E-state index is -1.61. The predicted molar refractivity (Wildman–Crippen MR) is 77.9 cm³/mol.